The lowest BCUT2D eigenvalue weighted by molar-refractivity contribution is -0.0649. The van der Waals surface area contributed by atoms with Crippen LogP contribution in [0.1, 0.15) is 34.5 Å². The SMILES string of the molecule is C[C@@H](c1cc(NC(=O)c2ncc(C#N)cc2Cl)ccc1F)C(F)(F)COC(=N)N. The van der Waals surface area contributed by atoms with Crippen LogP contribution in [0.2, 0.25) is 5.02 Å². The molecule has 0 unspecified atom stereocenters. The Kier molecular flexibility index (Phi) is 6.66. The molecule has 0 aliphatic rings. The number of anilines is 1. The molecule has 152 valence electrons. The second-order valence-corrected chi connectivity index (χ2v) is 6.40. The number of carbonyl (C=O) groups excluding carboxylic acids is 1. The zero-order chi connectivity index (χ0) is 21.8. The van der Waals surface area contributed by atoms with Gasteiger partial charge in [0.1, 0.15) is 17.6 Å². The monoisotopic (exact) mass is 425 g/mol. The Hall–Kier alpha value is -3.32. The van der Waals surface area contributed by atoms with Crippen molar-refractivity contribution < 1.29 is 22.7 Å². The Labute approximate surface area is 168 Å². The topological polar surface area (TPSA) is 125 Å². The van der Waals surface area contributed by atoms with Crippen LogP contribution in [0.15, 0.2) is 30.5 Å². The highest BCUT2D eigenvalue weighted by atomic mass is 35.5. The number of nitrogens with one attached hydrogen (secondary N) is 2. The molecule has 0 radical (unpaired) electrons. The second-order valence-electron chi connectivity index (χ2n) is 5.99. The lowest BCUT2D eigenvalue weighted by Gasteiger charge is -2.24. The molecule has 0 spiro atoms. The molecular formula is C18H15ClF3N5O2. The smallest absolute Gasteiger partial charge is 0.288 e. The number of nitrogens with two attached hydrogens (primary N) is 1. The number of amides is 1. The number of nitriles is 1. The summed E-state index contributed by atoms with van der Waals surface area (Å²) in [6.45, 7) is -0.128. The van der Waals surface area contributed by atoms with Gasteiger partial charge in [-0.3, -0.25) is 10.2 Å². The van der Waals surface area contributed by atoms with Gasteiger partial charge in [0.2, 0.25) is 0 Å². The van der Waals surface area contributed by atoms with E-state index in [0.717, 1.165) is 25.3 Å². The van der Waals surface area contributed by atoms with Gasteiger partial charge < -0.3 is 15.8 Å². The summed E-state index contributed by atoms with van der Waals surface area (Å²) in [4.78, 5) is 16.1. The van der Waals surface area contributed by atoms with Crippen molar-refractivity contribution in [1.82, 2.24) is 4.98 Å². The normalized spacial score (nSPS) is 12.0. The second kappa shape index (κ2) is 8.79. The number of hydrogen-bond acceptors (Lipinski definition) is 5. The Morgan fingerprint density at radius 3 is 2.76 bits per heavy atom. The average molecular weight is 426 g/mol. The number of ether oxygens (including phenoxy) is 1. The summed E-state index contributed by atoms with van der Waals surface area (Å²) >= 11 is 5.92. The molecule has 0 fully saturated rings. The van der Waals surface area contributed by atoms with Crippen molar-refractivity contribution in [1.29, 1.82) is 10.7 Å². The number of alkyl halides is 2. The fourth-order valence-corrected chi connectivity index (χ4v) is 2.59. The predicted octanol–water partition coefficient (Wildman–Crippen LogP) is 3.65. The molecule has 29 heavy (non-hydrogen) atoms. The molecule has 2 aromatic rings. The van der Waals surface area contributed by atoms with Crippen LogP contribution in [0.25, 0.3) is 0 Å². The summed E-state index contributed by atoms with van der Waals surface area (Å²) in [5, 5.41) is 18.0. The molecule has 0 aliphatic heterocycles. The van der Waals surface area contributed by atoms with Crippen molar-refractivity contribution in [3.63, 3.8) is 0 Å². The molecular weight excluding hydrogens is 411 g/mol. The van der Waals surface area contributed by atoms with Gasteiger partial charge >= 0.3 is 0 Å². The van der Waals surface area contributed by atoms with E-state index in [2.05, 4.69) is 15.0 Å². The molecule has 4 N–H and O–H groups in total. The number of rotatable bonds is 6. The number of benzene rings is 1. The molecule has 1 aromatic heterocycles. The fourth-order valence-electron chi connectivity index (χ4n) is 2.34. The quantitative estimate of drug-likeness (QED) is 0.481. The van der Waals surface area contributed by atoms with Crippen LogP contribution in [0.4, 0.5) is 18.9 Å². The highest BCUT2D eigenvalue weighted by molar-refractivity contribution is 6.34. The Balaban J connectivity index is 2.25. The molecule has 1 atom stereocenters. The largest absolute Gasteiger partial charge is 0.459 e. The lowest BCUT2D eigenvalue weighted by atomic mass is 9.94. The lowest BCUT2D eigenvalue weighted by Crippen LogP contribution is -2.33. The van der Waals surface area contributed by atoms with E-state index >= 15 is 0 Å². The van der Waals surface area contributed by atoms with Gasteiger partial charge in [-0.25, -0.2) is 18.2 Å². The van der Waals surface area contributed by atoms with Crippen LogP contribution in [0, 0.1) is 22.6 Å². The number of amidine groups is 1. The van der Waals surface area contributed by atoms with Gasteiger partial charge in [-0.15, -0.1) is 0 Å². The van der Waals surface area contributed by atoms with Crippen LogP contribution in [-0.2, 0) is 4.74 Å². The first-order chi connectivity index (χ1) is 13.5. The zero-order valence-electron chi connectivity index (χ0n) is 15.0. The molecule has 1 heterocycles. The summed E-state index contributed by atoms with van der Waals surface area (Å²) in [5.41, 5.74) is 4.52. The van der Waals surface area contributed by atoms with Crippen LogP contribution in [-0.4, -0.2) is 29.4 Å². The molecule has 0 saturated heterocycles. The minimum atomic E-state index is -3.53. The predicted molar refractivity (Wildman–Crippen MR) is 99.5 cm³/mol. The van der Waals surface area contributed by atoms with Crippen molar-refractivity contribution in [3.8, 4) is 6.07 Å². The third kappa shape index (κ3) is 5.36. The number of halogens is 4. The first kappa shape index (κ1) is 22.0. The molecule has 11 heteroatoms. The molecule has 0 saturated carbocycles. The van der Waals surface area contributed by atoms with E-state index in [9.17, 15) is 18.0 Å². The highest BCUT2D eigenvalue weighted by Crippen LogP contribution is 2.36. The standard InChI is InChI=1S/C18H15ClF3N5O2/c1-9(18(21,22)8-29-17(24)25)12-5-11(2-3-14(12)20)27-16(28)15-13(19)4-10(6-23)7-26-15/h2-5,7,9H,8H2,1H3,(H3,24,25)(H,27,28)/t9-/m0/s1. The molecule has 0 aliphatic carbocycles. The van der Waals surface area contributed by atoms with E-state index in [0.29, 0.717) is 0 Å². The van der Waals surface area contributed by atoms with Crippen molar-refractivity contribution in [2.45, 2.75) is 18.8 Å². The minimum Gasteiger partial charge on any atom is -0.459 e. The highest BCUT2D eigenvalue weighted by Gasteiger charge is 2.40. The summed E-state index contributed by atoms with van der Waals surface area (Å²) in [6.07, 6.45) is 1.15. The number of carbonyl (C=O) groups is 1. The van der Waals surface area contributed by atoms with Crippen molar-refractivity contribution in [2.75, 3.05) is 11.9 Å². The van der Waals surface area contributed by atoms with Crippen LogP contribution in [0.5, 0.6) is 0 Å². The van der Waals surface area contributed by atoms with Gasteiger partial charge in [-0.1, -0.05) is 18.5 Å². The minimum absolute atomic E-state index is 0.0313. The van der Waals surface area contributed by atoms with Gasteiger partial charge in [0.15, 0.2) is 6.61 Å². The van der Waals surface area contributed by atoms with Crippen LogP contribution in [0.3, 0.4) is 0 Å². The van der Waals surface area contributed by atoms with E-state index < -0.39 is 36.2 Å². The number of pyridine rings is 1. The van der Waals surface area contributed by atoms with Gasteiger partial charge in [0, 0.05) is 11.9 Å². The van der Waals surface area contributed by atoms with Gasteiger partial charge in [0.25, 0.3) is 17.9 Å². The van der Waals surface area contributed by atoms with E-state index in [4.69, 9.17) is 28.0 Å². The van der Waals surface area contributed by atoms with E-state index in [-0.39, 0.29) is 27.5 Å². The number of aromatic nitrogens is 1. The van der Waals surface area contributed by atoms with Crippen molar-refractivity contribution >= 4 is 29.2 Å². The maximum absolute atomic E-state index is 14.2. The van der Waals surface area contributed by atoms with Gasteiger partial charge in [-0.2, -0.15) is 5.26 Å². The third-order valence-electron chi connectivity index (χ3n) is 3.96. The van der Waals surface area contributed by atoms with Crippen LogP contribution >= 0.6 is 11.6 Å². The first-order valence-corrected chi connectivity index (χ1v) is 8.44. The summed E-state index contributed by atoms with van der Waals surface area (Å²) in [6, 6.07) is 5.35. The maximum Gasteiger partial charge on any atom is 0.288 e. The third-order valence-corrected chi connectivity index (χ3v) is 4.25. The molecule has 1 aromatic carbocycles. The van der Waals surface area contributed by atoms with Crippen LogP contribution < -0.4 is 11.1 Å². The van der Waals surface area contributed by atoms with Crippen molar-refractivity contribution in [2.24, 2.45) is 5.73 Å². The van der Waals surface area contributed by atoms with Gasteiger partial charge in [-0.05, 0) is 29.8 Å². The molecule has 0 bridgehead atoms. The number of nitrogens with zero attached hydrogens (tertiary/aromatic N) is 2. The molecule has 1 amide bonds. The fraction of sp³-hybridized carbons (Fsp3) is 0.222. The molecule has 7 nitrogen and oxygen atoms in total. The van der Waals surface area contributed by atoms with Gasteiger partial charge in [0.05, 0.1) is 16.5 Å². The Bertz CT molecular complexity index is 994. The first-order valence-electron chi connectivity index (χ1n) is 8.06. The van der Waals surface area contributed by atoms with Crippen molar-refractivity contribution in [3.05, 3.63) is 58.1 Å². The number of hydrogen-bond donors (Lipinski definition) is 3. The molecule has 2 rings (SSSR count). The summed E-state index contributed by atoms with van der Waals surface area (Å²) < 4.78 is 47.0. The zero-order valence-corrected chi connectivity index (χ0v) is 15.7. The van der Waals surface area contributed by atoms with E-state index in [1.165, 1.54) is 12.1 Å². The summed E-state index contributed by atoms with van der Waals surface area (Å²) in [7, 11) is 0. The Morgan fingerprint density at radius 2 is 2.17 bits per heavy atom. The van der Waals surface area contributed by atoms with E-state index in [1.807, 2.05) is 6.07 Å². The Morgan fingerprint density at radius 1 is 1.48 bits per heavy atom. The maximum atomic E-state index is 14.2. The average Bonchev–Trinajstić information content (AvgIpc) is 2.67. The van der Waals surface area contributed by atoms with E-state index in [1.54, 1.807) is 0 Å². The summed E-state index contributed by atoms with van der Waals surface area (Å²) in [5.74, 6) is -6.85.